The molecule has 0 aliphatic carbocycles. The van der Waals surface area contributed by atoms with E-state index in [2.05, 4.69) is 31.4 Å². The number of benzene rings is 2. The van der Waals surface area contributed by atoms with Gasteiger partial charge in [-0.2, -0.15) is 0 Å². The summed E-state index contributed by atoms with van der Waals surface area (Å²) >= 11 is 0. The van der Waals surface area contributed by atoms with Crippen molar-refractivity contribution in [2.45, 2.75) is 46.1 Å². The molecule has 2 N–H and O–H groups in total. The van der Waals surface area contributed by atoms with Crippen LogP contribution in [-0.4, -0.2) is 11.8 Å². The lowest BCUT2D eigenvalue weighted by Gasteiger charge is -2.32. The third kappa shape index (κ3) is 4.76. The van der Waals surface area contributed by atoms with Gasteiger partial charge in [0.1, 0.15) is 0 Å². The van der Waals surface area contributed by atoms with Gasteiger partial charge in [0.15, 0.2) is 0 Å². The second kappa shape index (κ2) is 7.95. The molecule has 0 saturated carbocycles. The number of hydrogen-bond acceptors (Lipinski definition) is 2. The molecule has 0 saturated heterocycles. The molecule has 0 radical (unpaired) electrons. The highest BCUT2D eigenvalue weighted by Crippen LogP contribution is 2.33. The molecule has 0 fully saturated rings. The van der Waals surface area contributed by atoms with Gasteiger partial charge in [0.05, 0.1) is 6.04 Å². The number of carbonyl (C=O) groups excluding carboxylic acids is 2. The lowest BCUT2D eigenvalue weighted by molar-refractivity contribution is -0.124. The SMILES string of the molecule is CC(C)(C)[C@H](NC(=O)CC[C@@H]1Cc2ccccc2NC1=O)c1ccccc1. The van der Waals surface area contributed by atoms with E-state index in [1.807, 2.05) is 54.6 Å². The molecule has 1 aliphatic heterocycles. The van der Waals surface area contributed by atoms with Gasteiger partial charge >= 0.3 is 0 Å². The average molecular weight is 364 g/mol. The van der Waals surface area contributed by atoms with E-state index in [-0.39, 0.29) is 29.2 Å². The van der Waals surface area contributed by atoms with E-state index in [4.69, 9.17) is 0 Å². The Morgan fingerprint density at radius 3 is 2.48 bits per heavy atom. The van der Waals surface area contributed by atoms with E-state index < -0.39 is 0 Å². The Labute approximate surface area is 161 Å². The number of anilines is 1. The molecule has 0 spiro atoms. The van der Waals surface area contributed by atoms with Gasteiger partial charge in [0.25, 0.3) is 0 Å². The predicted molar refractivity (Wildman–Crippen MR) is 108 cm³/mol. The minimum absolute atomic E-state index is 0.00885. The van der Waals surface area contributed by atoms with Crippen molar-refractivity contribution in [2.75, 3.05) is 5.32 Å². The van der Waals surface area contributed by atoms with Crippen molar-refractivity contribution in [3.8, 4) is 0 Å². The lowest BCUT2D eigenvalue weighted by Crippen LogP contribution is -2.37. The molecule has 2 atom stereocenters. The Kier molecular flexibility index (Phi) is 5.64. The number of fused-ring (bicyclic) bond motifs is 1. The average Bonchev–Trinajstić information content (AvgIpc) is 2.64. The lowest BCUT2D eigenvalue weighted by atomic mass is 9.82. The highest BCUT2D eigenvalue weighted by Gasteiger charge is 2.29. The molecule has 0 unspecified atom stereocenters. The molecule has 27 heavy (non-hydrogen) atoms. The number of carbonyl (C=O) groups is 2. The summed E-state index contributed by atoms with van der Waals surface area (Å²) < 4.78 is 0. The molecular weight excluding hydrogens is 336 g/mol. The molecule has 2 aromatic carbocycles. The molecule has 1 heterocycles. The molecule has 4 heteroatoms. The summed E-state index contributed by atoms with van der Waals surface area (Å²) in [6, 6.07) is 17.8. The van der Waals surface area contributed by atoms with Crippen molar-refractivity contribution in [3.63, 3.8) is 0 Å². The van der Waals surface area contributed by atoms with Crippen LogP contribution in [0.3, 0.4) is 0 Å². The topological polar surface area (TPSA) is 58.2 Å². The third-order valence-corrected chi connectivity index (χ3v) is 5.14. The van der Waals surface area contributed by atoms with Crippen LogP contribution in [0.2, 0.25) is 0 Å². The zero-order chi connectivity index (χ0) is 19.4. The van der Waals surface area contributed by atoms with Crippen LogP contribution in [0, 0.1) is 11.3 Å². The smallest absolute Gasteiger partial charge is 0.227 e. The van der Waals surface area contributed by atoms with E-state index in [0.717, 1.165) is 16.8 Å². The fourth-order valence-corrected chi connectivity index (χ4v) is 3.63. The predicted octanol–water partition coefficient (Wildman–Crippen LogP) is 4.48. The molecule has 2 amide bonds. The second-order valence-electron chi connectivity index (χ2n) is 8.36. The Balaban J connectivity index is 1.61. The summed E-state index contributed by atoms with van der Waals surface area (Å²) in [7, 11) is 0. The fraction of sp³-hybridized carbons (Fsp3) is 0.391. The Bertz CT molecular complexity index is 809. The zero-order valence-corrected chi connectivity index (χ0v) is 16.3. The molecule has 1 aliphatic rings. The number of para-hydroxylation sites is 1. The van der Waals surface area contributed by atoms with Crippen LogP contribution >= 0.6 is 0 Å². The Hall–Kier alpha value is -2.62. The van der Waals surface area contributed by atoms with Gasteiger partial charge in [-0.25, -0.2) is 0 Å². The summed E-state index contributed by atoms with van der Waals surface area (Å²) in [6.45, 7) is 6.36. The maximum Gasteiger partial charge on any atom is 0.227 e. The highest BCUT2D eigenvalue weighted by molar-refractivity contribution is 5.96. The van der Waals surface area contributed by atoms with Gasteiger partial charge in [-0.1, -0.05) is 69.3 Å². The summed E-state index contributed by atoms with van der Waals surface area (Å²) in [5, 5.41) is 6.13. The Morgan fingerprint density at radius 1 is 1.11 bits per heavy atom. The monoisotopic (exact) mass is 364 g/mol. The van der Waals surface area contributed by atoms with Crippen LogP contribution in [0.25, 0.3) is 0 Å². The van der Waals surface area contributed by atoms with E-state index in [9.17, 15) is 9.59 Å². The number of hydrogen-bond donors (Lipinski definition) is 2. The first kappa shape index (κ1) is 19.2. The van der Waals surface area contributed by atoms with Crippen LogP contribution < -0.4 is 10.6 Å². The van der Waals surface area contributed by atoms with Gasteiger partial charge in [-0.05, 0) is 35.4 Å². The van der Waals surface area contributed by atoms with Gasteiger partial charge in [-0.3, -0.25) is 9.59 Å². The van der Waals surface area contributed by atoms with E-state index in [1.165, 1.54) is 0 Å². The van der Waals surface area contributed by atoms with Crippen LogP contribution in [-0.2, 0) is 16.0 Å². The molecular formula is C23H28N2O2. The van der Waals surface area contributed by atoms with Gasteiger partial charge in [0, 0.05) is 18.0 Å². The third-order valence-electron chi connectivity index (χ3n) is 5.14. The number of rotatable bonds is 5. The molecule has 3 rings (SSSR count). The quantitative estimate of drug-likeness (QED) is 0.822. The first-order valence-corrected chi connectivity index (χ1v) is 9.57. The van der Waals surface area contributed by atoms with Crippen molar-refractivity contribution in [2.24, 2.45) is 11.3 Å². The van der Waals surface area contributed by atoms with E-state index in [0.29, 0.717) is 19.3 Å². The normalized spacial score (nSPS) is 17.6. The minimum Gasteiger partial charge on any atom is -0.349 e. The fourth-order valence-electron chi connectivity index (χ4n) is 3.63. The summed E-state index contributed by atoms with van der Waals surface area (Å²) in [5.74, 6) is -0.155. The second-order valence-corrected chi connectivity index (χ2v) is 8.36. The molecule has 0 bridgehead atoms. The maximum absolute atomic E-state index is 12.6. The van der Waals surface area contributed by atoms with Crippen molar-refractivity contribution >= 4 is 17.5 Å². The molecule has 142 valence electrons. The molecule has 0 aromatic heterocycles. The van der Waals surface area contributed by atoms with Crippen molar-refractivity contribution < 1.29 is 9.59 Å². The number of nitrogens with one attached hydrogen (secondary N) is 2. The summed E-state index contributed by atoms with van der Waals surface area (Å²) in [5.41, 5.74) is 3.03. The van der Waals surface area contributed by atoms with Crippen molar-refractivity contribution in [3.05, 3.63) is 65.7 Å². The van der Waals surface area contributed by atoms with Crippen LogP contribution in [0.1, 0.15) is 50.8 Å². The highest BCUT2D eigenvalue weighted by atomic mass is 16.2. The first-order chi connectivity index (χ1) is 12.8. The van der Waals surface area contributed by atoms with Gasteiger partial charge < -0.3 is 10.6 Å². The minimum atomic E-state index is -0.157. The van der Waals surface area contributed by atoms with Gasteiger partial charge in [0.2, 0.25) is 11.8 Å². The van der Waals surface area contributed by atoms with Gasteiger partial charge in [-0.15, -0.1) is 0 Å². The standard InChI is InChI=1S/C23H28N2O2/c1-23(2,3)21(16-9-5-4-6-10-16)25-20(26)14-13-18-15-17-11-7-8-12-19(17)24-22(18)27/h4-12,18,21H,13-15H2,1-3H3,(H,24,27)(H,25,26)/t18-,21-/m1/s1. The van der Waals surface area contributed by atoms with Crippen LogP contribution in [0.15, 0.2) is 54.6 Å². The van der Waals surface area contributed by atoms with Crippen LogP contribution in [0.4, 0.5) is 5.69 Å². The Morgan fingerprint density at radius 2 is 1.78 bits per heavy atom. The van der Waals surface area contributed by atoms with E-state index in [1.54, 1.807) is 0 Å². The largest absolute Gasteiger partial charge is 0.349 e. The summed E-state index contributed by atoms with van der Waals surface area (Å²) in [6.07, 6.45) is 1.59. The van der Waals surface area contributed by atoms with Crippen molar-refractivity contribution in [1.82, 2.24) is 5.32 Å². The van der Waals surface area contributed by atoms with Crippen molar-refractivity contribution in [1.29, 1.82) is 0 Å². The maximum atomic E-state index is 12.6. The summed E-state index contributed by atoms with van der Waals surface area (Å²) in [4.78, 5) is 25.0. The molecule has 4 nitrogen and oxygen atoms in total. The first-order valence-electron chi connectivity index (χ1n) is 9.57. The molecule has 2 aromatic rings. The number of amides is 2. The zero-order valence-electron chi connectivity index (χ0n) is 16.3. The van der Waals surface area contributed by atoms with E-state index >= 15 is 0 Å². The van der Waals surface area contributed by atoms with Crippen LogP contribution in [0.5, 0.6) is 0 Å².